The molecule has 0 N–H and O–H groups in total. The zero-order chi connectivity index (χ0) is 16.1. The van der Waals surface area contributed by atoms with Crippen molar-refractivity contribution in [3.63, 3.8) is 0 Å². The second-order valence-corrected chi connectivity index (χ2v) is 4.96. The highest BCUT2D eigenvalue weighted by Crippen LogP contribution is 2.20. The van der Waals surface area contributed by atoms with Crippen LogP contribution in [0.25, 0.3) is 11.4 Å². The first kappa shape index (κ1) is 14.8. The maximum atomic E-state index is 9.03. The van der Waals surface area contributed by atoms with Gasteiger partial charge in [0.1, 0.15) is 11.8 Å². The Labute approximate surface area is 134 Å². The molecular formula is C18H15N3O2. The molecule has 0 fully saturated rings. The number of nitriles is 1. The van der Waals surface area contributed by atoms with Gasteiger partial charge >= 0.3 is 0 Å². The minimum Gasteiger partial charge on any atom is -0.482 e. The minimum absolute atomic E-state index is 0.124. The Morgan fingerprint density at radius 1 is 1.13 bits per heavy atom. The molecule has 0 bridgehead atoms. The Balaban J connectivity index is 1.71. The number of benzene rings is 2. The van der Waals surface area contributed by atoms with Crippen molar-refractivity contribution in [1.29, 1.82) is 5.26 Å². The molecule has 0 aliphatic heterocycles. The summed E-state index contributed by atoms with van der Waals surface area (Å²) in [5.74, 6) is 1.40. The summed E-state index contributed by atoms with van der Waals surface area (Å²) in [4.78, 5) is 4.32. The predicted octanol–water partition coefficient (Wildman–Crippen LogP) is 3.75. The standard InChI is InChI=1S/C18H15N3O2/c1-2-13-7-9-14(10-8-13)18-20-17(23-21-18)12-22-16-6-4-3-5-15(16)11-19/h3-10H,2,12H2,1H3. The molecule has 0 amide bonds. The summed E-state index contributed by atoms with van der Waals surface area (Å²) in [6.07, 6.45) is 0.990. The molecular weight excluding hydrogens is 290 g/mol. The number of aromatic nitrogens is 2. The Kier molecular flexibility index (Phi) is 4.34. The first-order chi connectivity index (χ1) is 11.3. The monoisotopic (exact) mass is 305 g/mol. The molecule has 2 aromatic carbocycles. The molecule has 0 aliphatic rings. The first-order valence-corrected chi connectivity index (χ1v) is 7.34. The van der Waals surface area contributed by atoms with Crippen LogP contribution >= 0.6 is 0 Å². The molecule has 5 nitrogen and oxygen atoms in total. The fourth-order valence-corrected chi connectivity index (χ4v) is 2.14. The van der Waals surface area contributed by atoms with Crippen LogP contribution in [-0.2, 0) is 13.0 Å². The van der Waals surface area contributed by atoms with E-state index in [2.05, 4.69) is 23.1 Å². The third kappa shape index (κ3) is 3.38. The molecule has 0 atom stereocenters. The van der Waals surface area contributed by atoms with Crippen molar-refractivity contribution in [2.24, 2.45) is 0 Å². The summed E-state index contributed by atoms with van der Waals surface area (Å²) < 4.78 is 10.8. The van der Waals surface area contributed by atoms with Crippen LogP contribution in [0.4, 0.5) is 0 Å². The van der Waals surface area contributed by atoms with Crippen LogP contribution in [-0.4, -0.2) is 10.1 Å². The van der Waals surface area contributed by atoms with Gasteiger partial charge in [0.15, 0.2) is 6.61 Å². The molecule has 23 heavy (non-hydrogen) atoms. The molecule has 3 rings (SSSR count). The lowest BCUT2D eigenvalue weighted by atomic mass is 10.1. The zero-order valence-corrected chi connectivity index (χ0v) is 12.7. The van der Waals surface area contributed by atoms with Gasteiger partial charge in [0, 0.05) is 5.56 Å². The van der Waals surface area contributed by atoms with E-state index in [9.17, 15) is 0 Å². The molecule has 114 valence electrons. The lowest BCUT2D eigenvalue weighted by molar-refractivity contribution is 0.242. The number of para-hydroxylation sites is 1. The van der Waals surface area contributed by atoms with Gasteiger partial charge in [0.05, 0.1) is 5.56 Å². The van der Waals surface area contributed by atoms with E-state index in [0.29, 0.717) is 23.0 Å². The highest BCUT2D eigenvalue weighted by molar-refractivity contribution is 5.54. The van der Waals surface area contributed by atoms with Crippen molar-refractivity contribution in [2.45, 2.75) is 20.0 Å². The van der Waals surface area contributed by atoms with Gasteiger partial charge in [0.2, 0.25) is 5.82 Å². The second kappa shape index (κ2) is 6.75. The van der Waals surface area contributed by atoms with E-state index < -0.39 is 0 Å². The smallest absolute Gasteiger partial charge is 0.264 e. The average Bonchev–Trinajstić information content (AvgIpc) is 3.09. The third-order valence-electron chi connectivity index (χ3n) is 3.45. The van der Waals surface area contributed by atoms with E-state index in [0.717, 1.165) is 12.0 Å². The normalized spacial score (nSPS) is 10.3. The van der Waals surface area contributed by atoms with Gasteiger partial charge in [0.25, 0.3) is 5.89 Å². The SMILES string of the molecule is CCc1ccc(-c2noc(COc3ccccc3C#N)n2)cc1. The van der Waals surface area contributed by atoms with Crippen LogP contribution in [0.1, 0.15) is 23.9 Å². The summed E-state index contributed by atoms with van der Waals surface area (Å²) in [6.45, 7) is 2.23. The highest BCUT2D eigenvalue weighted by Gasteiger charge is 2.10. The number of rotatable bonds is 5. The van der Waals surface area contributed by atoms with Gasteiger partial charge in [-0.15, -0.1) is 0 Å². The molecule has 1 aromatic heterocycles. The van der Waals surface area contributed by atoms with Crippen molar-refractivity contribution < 1.29 is 9.26 Å². The Hall–Kier alpha value is -3.13. The Morgan fingerprint density at radius 2 is 1.91 bits per heavy atom. The number of ether oxygens (including phenoxy) is 1. The second-order valence-electron chi connectivity index (χ2n) is 4.96. The summed E-state index contributed by atoms with van der Waals surface area (Å²) in [5, 5.41) is 13.0. The zero-order valence-electron chi connectivity index (χ0n) is 12.7. The molecule has 0 aliphatic carbocycles. The average molecular weight is 305 g/mol. The molecule has 0 saturated carbocycles. The summed E-state index contributed by atoms with van der Waals surface area (Å²) in [7, 11) is 0. The molecule has 5 heteroatoms. The number of hydrogen-bond acceptors (Lipinski definition) is 5. The third-order valence-corrected chi connectivity index (χ3v) is 3.45. The van der Waals surface area contributed by atoms with Gasteiger partial charge in [-0.1, -0.05) is 48.5 Å². The molecule has 3 aromatic rings. The van der Waals surface area contributed by atoms with Crippen LogP contribution in [0.15, 0.2) is 53.1 Å². The quantitative estimate of drug-likeness (QED) is 0.718. The number of nitrogens with zero attached hydrogens (tertiary/aromatic N) is 3. The van der Waals surface area contributed by atoms with Crippen LogP contribution in [0, 0.1) is 11.3 Å². The van der Waals surface area contributed by atoms with Crippen LogP contribution in [0.2, 0.25) is 0 Å². The first-order valence-electron chi connectivity index (χ1n) is 7.34. The van der Waals surface area contributed by atoms with E-state index in [1.54, 1.807) is 18.2 Å². The summed E-state index contributed by atoms with van der Waals surface area (Å²) in [5.41, 5.74) is 2.63. The van der Waals surface area contributed by atoms with E-state index in [1.165, 1.54) is 5.56 Å². The van der Waals surface area contributed by atoms with Crippen LogP contribution < -0.4 is 4.74 Å². The fraction of sp³-hybridized carbons (Fsp3) is 0.167. The van der Waals surface area contributed by atoms with Crippen LogP contribution in [0.5, 0.6) is 5.75 Å². The summed E-state index contributed by atoms with van der Waals surface area (Å²) >= 11 is 0. The fourth-order valence-electron chi connectivity index (χ4n) is 2.14. The Bertz CT molecular complexity index is 832. The number of hydrogen-bond donors (Lipinski definition) is 0. The highest BCUT2D eigenvalue weighted by atomic mass is 16.5. The van der Waals surface area contributed by atoms with Crippen molar-refractivity contribution in [3.05, 3.63) is 65.5 Å². The summed E-state index contributed by atoms with van der Waals surface area (Å²) in [6, 6.07) is 17.2. The van der Waals surface area contributed by atoms with Crippen LogP contribution in [0.3, 0.4) is 0 Å². The van der Waals surface area contributed by atoms with Crippen molar-refractivity contribution in [3.8, 4) is 23.2 Å². The minimum atomic E-state index is 0.124. The Morgan fingerprint density at radius 3 is 2.65 bits per heavy atom. The maximum absolute atomic E-state index is 9.03. The van der Waals surface area contributed by atoms with E-state index >= 15 is 0 Å². The molecule has 0 unspecified atom stereocenters. The van der Waals surface area contributed by atoms with Gasteiger partial charge in [-0.05, 0) is 24.1 Å². The van der Waals surface area contributed by atoms with E-state index in [4.69, 9.17) is 14.5 Å². The largest absolute Gasteiger partial charge is 0.482 e. The van der Waals surface area contributed by atoms with E-state index in [1.807, 2.05) is 30.3 Å². The molecule has 0 saturated heterocycles. The van der Waals surface area contributed by atoms with Crippen molar-refractivity contribution >= 4 is 0 Å². The van der Waals surface area contributed by atoms with Crippen molar-refractivity contribution in [2.75, 3.05) is 0 Å². The topological polar surface area (TPSA) is 71.9 Å². The lowest BCUT2D eigenvalue weighted by Gasteiger charge is -2.03. The number of aryl methyl sites for hydroxylation is 1. The molecule has 0 radical (unpaired) electrons. The molecule has 1 heterocycles. The molecule has 0 spiro atoms. The van der Waals surface area contributed by atoms with Crippen molar-refractivity contribution in [1.82, 2.24) is 10.1 Å². The van der Waals surface area contributed by atoms with Gasteiger partial charge in [-0.2, -0.15) is 10.2 Å². The van der Waals surface area contributed by atoms with E-state index in [-0.39, 0.29) is 6.61 Å². The van der Waals surface area contributed by atoms with Gasteiger partial charge in [-0.3, -0.25) is 0 Å². The predicted molar refractivity (Wildman–Crippen MR) is 84.6 cm³/mol. The maximum Gasteiger partial charge on any atom is 0.264 e. The lowest BCUT2D eigenvalue weighted by Crippen LogP contribution is -1.97. The van der Waals surface area contributed by atoms with Gasteiger partial charge < -0.3 is 9.26 Å². The van der Waals surface area contributed by atoms with Gasteiger partial charge in [-0.25, -0.2) is 0 Å².